The van der Waals surface area contributed by atoms with Crippen molar-refractivity contribution in [2.45, 2.75) is 31.5 Å². The molecule has 0 bridgehead atoms. The van der Waals surface area contributed by atoms with Gasteiger partial charge < -0.3 is 25.5 Å². The first-order chi connectivity index (χ1) is 22.4. The van der Waals surface area contributed by atoms with Crippen LogP contribution >= 0.6 is 0 Å². The van der Waals surface area contributed by atoms with Crippen LogP contribution < -0.4 is 10.6 Å². The van der Waals surface area contributed by atoms with Crippen LogP contribution in [0.25, 0.3) is 0 Å². The van der Waals surface area contributed by atoms with Crippen molar-refractivity contribution < 1.29 is 24.3 Å². The number of piperidine rings is 1. The number of nitrogens with one attached hydrogen (secondary N) is 2. The van der Waals surface area contributed by atoms with Gasteiger partial charge in [-0.1, -0.05) is 54.3 Å². The third-order valence-electron chi connectivity index (χ3n) is 7.98. The number of anilines is 1. The molecular weight excluding hydrogens is 584 g/mol. The van der Waals surface area contributed by atoms with Gasteiger partial charge in [-0.15, -0.1) is 0 Å². The van der Waals surface area contributed by atoms with Crippen LogP contribution in [0, 0.1) is 11.8 Å². The number of fused-ring (bicyclic) bond motifs is 1. The zero-order valence-corrected chi connectivity index (χ0v) is 24.7. The van der Waals surface area contributed by atoms with E-state index in [1.165, 1.54) is 11.1 Å². The van der Waals surface area contributed by atoms with E-state index in [1.807, 2.05) is 42.5 Å². The van der Waals surface area contributed by atoms with Crippen molar-refractivity contribution in [2.75, 3.05) is 18.4 Å². The summed E-state index contributed by atoms with van der Waals surface area (Å²) in [7, 11) is 0. The van der Waals surface area contributed by atoms with Gasteiger partial charge in [-0.2, -0.15) is 0 Å². The lowest BCUT2D eigenvalue weighted by molar-refractivity contribution is -0.120. The summed E-state index contributed by atoms with van der Waals surface area (Å²) >= 11 is 0. The second kappa shape index (κ2) is 13.3. The van der Waals surface area contributed by atoms with E-state index in [4.69, 9.17) is 5.11 Å². The summed E-state index contributed by atoms with van der Waals surface area (Å²) in [5, 5.41) is 14.8. The summed E-state index contributed by atoms with van der Waals surface area (Å²) in [5.74, 6) is 5.55. The molecule has 0 saturated carbocycles. The first kappa shape index (κ1) is 30.0. The molecule has 0 spiro atoms. The Bertz CT molecular complexity index is 1830. The van der Waals surface area contributed by atoms with Gasteiger partial charge in [-0.05, 0) is 60.4 Å². The van der Waals surface area contributed by atoms with Crippen molar-refractivity contribution in [1.29, 1.82) is 0 Å². The monoisotopic (exact) mass is 614 g/mol. The predicted octanol–water partition coefficient (Wildman–Crippen LogP) is 4.08. The molecule has 0 radical (unpaired) electrons. The summed E-state index contributed by atoms with van der Waals surface area (Å²) in [5.41, 5.74) is 3.43. The molecule has 46 heavy (non-hydrogen) atoms. The fourth-order valence-electron chi connectivity index (χ4n) is 5.57. The molecule has 2 aromatic heterocycles. The van der Waals surface area contributed by atoms with Gasteiger partial charge in [0.2, 0.25) is 0 Å². The number of rotatable bonds is 6. The molecule has 3 N–H and O–H groups in total. The van der Waals surface area contributed by atoms with Crippen molar-refractivity contribution in [1.82, 2.24) is 25.1 Å². The lowest BCUT2D eigenvalue weighted by atomic mass is 10.0. The Hall–Kier alpha value is -6.02. The minimum Gasteiger partial charge on any atom is -0.465 e. The third-order valence-corrected chi connectivity index (χ3v) is 7.98. The molecule has 11 nitrogen and oxygen atoms in total. The van der Waals surface area contributed by atoms with Gasteiger partial charge >= 0.3 is 6.09 Å². The maximum Gasteiger partial charge on any atom is 0.407 e. The molecule has 4 amide bonds. The van der Waals surface area contributed by atoms with E-state index >= 15 is 0 Å². The van der Waals surface area contributed by atoms with Crippen LogP contribution in [0.15, 0.2) is 91.3 Å². The van der Waals surface area contributed by atoms with E-state index < -0.39 is 12.1 Å². The first-order valence-corrected chi connectivity index (χ1v) is 14.8. The summed E-state index contributed by atoms with van der Waals surface area (Å²) in [6.07, 6.45) is 3.25. The molecular formula is C35H30N6O5. The number of amides is 4. The number of benzene rings is 2. The third kappa shape index (κ3) is 6.71. The molecule has 11 heteroatoms. The minimum absolute atomic E-state index is 0.110. The molecule has 2 aromatic carbocycles. The fourth-order valence-corrected chi connectivity index (χ4v) is 5.57. The van der Waals surface area contributed by atoms with Gasteiger partial charge in [0.1, 0.15) is 17.6 Å². The number of carboxylic acid groups (broad SMARTS) is 1. The van der Waals surface area contributed by atoms with E-state index in [-0.39, 0.29) is 36.0 Å². The number of carbonyl (C=O) groups is 4. The Morgan fingerprint density at radius 2 is 1.63 bits per heavy atom. The highest BCUT2D eigenvalue weighted by molar-refractivity contribution is 6.04. The average molecular weight is 615 g/mol. The molecule has 1 unspecified atom stereocenters. The van der Waals surface area contributed by atoms with Crippen molar-refractivity contribution >= 4 is 29.6 Å². The van der Waals surface area contributed by atoms with E-state index in [1.54, 1.807) is 47.5 Å². The second-order valence-corrected chi connectivity index (χ2v) is 11.0. The summed E-state index contributed by atoms with van der Waals surface area (Å²) in [6.45, 7) is 1.02. The molecule has 1 atom stereocenters. The zero-order valence-electron chi connectivity index (χ0n) is 24.7. The smallest absolute Gasteiger partial charge is 0.407 e. The lowest BCUT2D eigenvalue weighted by Gasteiger charge is -2.30. The summed E-state index contributed by atoms with van der Waals surface area (Å²) in [6, 6.07) is 22.1. The Kier molecular flexibility index (Phi) is 8.69. The van der Waals surface area contributed by atoms with E-state index in [9.17, 15) is 19.2 Å². The summed E-state index contributed by atoms with van der Waals surface area (Å²) < 4.78 is 0. The van der Waals surface area contributed by atoms with Crippen LogP contribution in [0.4, 0.5) is 10.6 Å². The highest BCUT2D eigenvalue weighted by Gasteiger charge is 2.37. The highest BCUT2D eigenvalue weighted by atomic mass is 16.4. The average Bonchev–Trinajstić information content (AvgIpc) is 3.40. The van der Waals surface area contributed by atoms with Crippen LogP contribution in [0.1, 0.15) is 62.0 Å². The second-order valence-electron chi connectivity index (χ2n) is 11.0. The van der Waals surface area contributed by atoms with Gasteiger partial charge in [0.25, 0.3) is 17.7 Å². The maximum atomic E-state index is 13.7. The zero-order chi connectivity index (χ0) is 32.0. The van der Waals surface area contributed by atoms with E-state index in [2.05, 4.69) is 32.4 Å². The molecule has 2 aliphatic heterocycles. The quantitative estimate of drug-likeness (QED) is 0.278. The number of hydrogen-bond acceptors (Lipinski definition) is 6. The molecule has 230 valence electrons. The minimum atomic E-state index is -0.949. The Morgan fingerprint density at radius 1 is 0.891 bits per heavy atom. The predicted molar refractivity (Wildman–Crippen MR) is 169 cm³/mol. The van der Waals surface area contributed by atoms with Crippen molar-refractivity contribution in [3.05, 3.63) is 125 Å². The van der Waals surface area contributed by atoms with Crippen LogP contribution in [-0.2, 0) is 11.3 Å². The first-order valence-electron chi connectivity index (χ1n) is 14.8. The standard InChI is InChI=1S/C35H30N6O5/c42-32(38-27-15-18-40(19-16-27)35(45)46)29-14-12-24(21-37-29)10-9-23-11-13-26-22-41(34(44)28(26)20-23)31(25-6-2-1-3-7-25)33(43)39-30-8-4-5-17-36-30/h1-8,11-14,17,20-21,27,31H,15-16,18-19,22H2,(H,38,42)(H,45,46)(H,36,39,43). The Morgan fingerprint density at radius 3 is 2.33 bits per heavy atom. The van der Waals surface area contributed by atoms with E-state index in [0.717, 1.165) is 5.56 Å². The van der Waals surface area contributed by atoms with Gasteiger partial charge in [0.05, 0.1) is 0 Å². The Balaban J connectivity index is 1.13. The van der Waals surface area contributed by atoms with Gasteiger partial charge in [-0.3, -0.25) is 14.4 Å². The van der Waals surface area contributed by atoms with Crippen LogP contribution in [0.2, 0.25) is 0 Å². The topological polar surface area (TPSA) is 145 Å². The Labute approximate surface area is 265 Å². The number of likely N-dealkylation sites (tertiary alicyclic amines) is 1. The molecule has 1 fully saturated rings. The fraction of sp³-hybridized carbons (Fsp3) is 0.200. The molecule has 2 aliphatic rings. The normalized spacial score (nSPS) is 14.9. The molecule has 4 heterocycles. The molecule has 1 saturated heterocycles. The van der Waals surface area contributed by atoms with Gasteiger partial charge in [0.15, 0.2) is 0 Å². The van der Waals surface area contributed by atoms with Crippen LogP contribution in [-0.4, -0.2) is 67.8 Å². The van der Waals surface area contributed by atoms with Crippen molar-refractivity contribution in [3.8, 4) is 11.8 Å². The molecule has 4 aromatic rings. The lowest BCUT2D eigenvalue weighted by Crippen LogP contribution is -2.46. The maximum absolute atomic E-state index is 13.7. The number of hydrogen-bond donors (Lipinski definition) is 3. The number of aromatic nitrogens is 2. The van der Waals surface area contributed by atoms with Crippen molar-refractivity contribution in [2.24, 2.45) is 0 Å². The largest absolute Gasteiger partial charge is 0.465 e. The molecule has 6 rings (SSSR count). The SMILES string of the molecule is O=C(NC1CCN(C(=O)O)CC1)c1ccc(C#Cc2ccc3c(c2)C(=O)N(C(C(=O)Nc2ccccn2)c2ccccc2)C3)cn1. The highest BCUT2D eigenvalue weighted by Crippen LogP contribution is 2.33. The van der Waals surface area contributed by atoms with Gasteiger partial charge in [0, 0.05) is 54.8 Å². The summed E-state index contributed by atoms with van der Waals surface area (Å²) in [4.78, 5) is 62.3. The van der Waals surface area contributed by atoms with Crippen LogP contribution in [0.3, 0.4) is 0 Å². The number of pyridine rings is 2. The number of carbonyl (C=O) groups excluding carboxylic acids is 3. The number of nitrogens with zero attached hydrogens (tertiary/aromatic N) is 4. The van der Waals surface area contributed by atoms with E-state index in [0.29, 0.717) is 54.0 Å². The van der Waals surface area contributed by atoms with Gasteiger partial charge in [-0.25, -0.2) is 14.8 Å². The van der Waals surface area contributed by atoms with Crippen LogP contribution in [0.5, 0.6) is 0 Å². The molecule has 0 aliphatic carbocycles. The van der Waals surface area contributed by atoms with Crippen molar-refractivity contribution in [3.63, 3.8) is 0 Å².